The van der Waals surface area contributed by atoms with Gasteiger partial charge in [-0.2, -0.15) is 0 Å². The fraction of sp³-hybridized carbons (Fsp3) is 0.250. The van der Waals surface area contributed by atoms with Gasteiger partial charge in [0.2, 0.25) is 5.91 Å². The molecule has 0 saturated carbocycles. The first-order valence-electron chi connectivity index (χ1n) is 13.2. The number of hydrogen-bond donors (Lipinski definition) is 1. The highest BCUT2D eigenvalue weighted by molar-refractivity contribution is 5.95. The Morgan fingerprint density at radius 2 is 1.46 bits per heavy atom. The minimum Gasteiger partial charge on any atom is -0.385 e. The molecular formula is C32H31F2N3O2. The van der Waals surface area contributed by atoms with E-state index in [9.17, 15) is 18.7 Å². The second-order valence-electron chi connectivity index (χ2n) is 9.96. The van der Waals surface area contributed by atoms with Crippen LogP contribution in [0, 0.1) is 11.6 Å². The first-order chi connectivity index (χ1) is 19.0. The van der Waals surface area contributed by atoms with E-state index in [1.54, 1.807) is 23.2 Å². The van der Waals surface area contributed by atoms with Crippen LogP contribution >= 0.6 is 0 Å². The summed E-state index contributed by atoms with van der Waals surface area (Å²) >= 11 is 0. The number of aliphatic hydroxyl groups excluding tert-OH is 1. The van der Waals surface area contributed by atoms with E-state index >= 15 is 0 Å². The Morgan fingerprint density at radius 3 is 2.03 bits per heavy atom. The fourth-order valence-corrected chi connectivity index (χ4v) is 5.22. The summed E-state index contributed by atoms with van der Waals surface area (Å²) in [6.07, 6.45) is 1.97. The number of anilines is 1. The number of carbonyl (C=O) groups is 1. The van der Waals surface area contributed by atoms with Gasteiger partial charge in [-0.1, -0.05) is 60.7 Å². The van der Waals surface area contributed by atoms with Crippen LogP contribution in [-0.2, 0) is 24.3 Å². The summed E-state index contributed by atoms with van der Waals surface area (Å²) in [5, 5.41) is 11.8. The van der Waals surface area contributed by atoms with Crippen molar-refractivity contribution in [1.82, 2.24) is 9.88 Å². The molecule has 2 heterocycles. The van der Waals surface area contributed by atoms with Crippen LogP contribution in [0.25, 0.3) is 0 Å². The van der Waals surface area contributed by atoms with Crippen molar-refractivity contribution in [2.75, 3.05) is 11.4 Å². The van der Waals surface area contributed by atoms with E-state index in [2.05, 4.69) is 9.88 Å². The molecule has 2 unspecified atom stereocenters. The molecule has 39 heavy (non-hydrogen) atoms. The number of amides is 1. The van der Waals surface area contributed by atoms with E-state index in [-0.39, 0.29) is 12.3 Å². The summed E-state index contributed by atoms with van der Waals surface area (Å²) in [5.41, 5.74) is 3.62. The average Bonchev–Trinajstić information content (AvgIpc) is 3.37. The third kappa shape index (κ3) is 6.74. The van der Waals surface area contributed by atoms with Gasteiger partial charge < -0.3 is 10.0 Å². The maximum absolute atomic E-state index is 14.2. The molecule has 1 N–H and O–H groups in total. The molecule has 0 radical (unpaired) electrons. The molecule has 7 heteroatoms. The number of pyridine rings is 1. The van der Waals surface area contributed by atoms with Crippen molar-refractivity contribution in [3.05, 3.63) is 131 Å². The molecule has 0 bridgehead atoms. The zero-order valence-electron chi connectivity index (χ0n) is 21.6. The Hall–Kier alpha value is -3.94. The van der Waals surface area contributed by atoms with Gasteiger partial charge in [0, 0.05) is 50.0 Å². The third-order valence-electron chi connectivity index (χ3n) is 7.11. The van der Waals surface area contributed by atoms with Crippen LogP contribution in [-0.4, -0.2) is 33.5 Å². The van der Waals surface area contributed by atoms with Crippen molar-refractivity contribution < 1.29 is 18.7 Å². The summed E-state index contributed by atoms with van der Waals surface area (Å²) in [7, 11) is 0. The average molecular weight is 528 g/mol. The van der Waals surface area contributed by atoms with E-state index < -0.39 is 23.8 Å². The summed E-state index contributed by atoms with van der Waals surface area (Å²) < 4.78 is 28.4. The number of hydrogen-bond acceptors (Lipinski definition) is 4. The lowest BCUT2D eigenvalue weighted by atomic mass is 9.95. The van der Waals surface area contributed by atoms with E-state index in [0.29, 0.717) is 43.0 Å². The van der Waals surface area contributed by atoms with Gasteiger partial charge in [-0.25, -0.2) is 8.78 Å². The van der Waals surface area contributed by atoms with Gasteiger partial charge in [0.05, 0.1) is 5.69 Å². The summed E-state index contributed by atoms with van der Waals surface area (Å²) in [6, 6.07) is 26.2. The van der Waals surface area contributed by atoms with Crippen LogP contribution in [0.5, 0.6) is 0 Å². The van der Waals surface area contributed by atoms with Crippen molar-refractivity contribution in [3.63, 3.8) is 0 Å². The van der Waals surface area contributed by atoms with Crippen molar-refractivity contribution in [2.24, 2.45) is 0 Å². The van der Waals surface area contributed by atoms with Crippen LogP contribution < -0.4 is 4.90 Å². The summed E-state index contributed by atoms with van der Waals surface area (Å²) in [6.45, 7) is 1.62. The minimum absolute atomic E-state index is 0.0446. The third-order valence-corrected chi connectivity index (χ3v) is 7.11. The maximum Gasteiger partial charge on any atom is 0.227 e. The largest absolute Gasteiger partial charge is 0.385 e. The van der Waals surface area contributed by atoms with Gasteiger partial charge in [-0.05, 0) is 53.8 Å². The highest BCUT2D eigenvalue weighted by Crippen LogP contribution is 2.30. The Kier molecular flexibility index (Phi) is 8.39. The zero-order chi connectivity index (χ0) is 27.2. The van der Waals surface area contributed by atoms with Crippen molar-refractivity contribution in [1.29, 1.82) is 0 Å². The predicted octanol–water partition coefficient (Wildman–Crippen LogP) is 5.83. The van der Waals surface area contributed by atoms with Crippen LogP contribution in [0.2, 0.25) is 0 Å². The molecule has 1 aliphatic rings. The van der Waals surface area contributed by atoms with Gasteiger partial charge in [-0.3, -0.25) is 14.7 Å². The molecule has 3 aromatic carbocycles. The Labute approximate surface area is 227 Å². The number of benzene rings is 3. The van der Waals surface area contributed by atoms with Gasteiger partial charge >= 0.3 is 0 Å². The second kappa shape index (κ2) is 12.3. The quantitative estimate of drug-likeness (QED) is 0.282. The molecule has 2 atom stereocenters. The molecule has 5 nitrogen and oxygen atoms in total. The van der Waals surface area contributed by atoms with Gasteiger partial charge in [0.15, 0.2) is 0 Å². The standard InChI is InChI=1S/C32H31F2N3O2/c33-26-16-25(17-27(34)19-26)18-30(32(39)29-20-28(13-14-35-29)37-15-7-12-31(37)38)36(21-23-8-3-1-4-9-23)22-24-10-5-2-6-11-24/h1-6,8-11,13-14,16-17,19-20,30,32,39H,7,12,15,18,21-22H2. The number of aliphatic hydroxyl groups is 1. The number of rotatable bonds is 10. The zero-order valence-corrected chi connectivity index (χ0v) is 21.6. The minimum atomic E-state index is -1.10. The Balaban J connectivity index is 1.54. The summed E-state index contributed by atoms with van der Waals surface area (Å²) in [5.74, 6) is -1.28. The highest BCUT2D eigenvalue weighted by Gasteiger charge is 2.31. The maximum atomic E-state index is 14.2. The smallest absolute Gasteiger partial charge is 0.227 e. The van der Waals surface area contributed by atoms with Crippen molar-refractivity contribution in [3.8, 4) is 0 Å². The van der Waals surface area contributed by atoms with Crippen LogP contribution in [0.1, 0.15) is 41.3 Å². The molecule has 1 fully saturated rings. The number of halogens is 2. The SMILES string of the molecule is O=C1CCCN1c1ccnc(C(O)C(Cc2cc(F)cc(F)c2)N(Cc2ccccc2)Cc2ccccc2)c1. The van der Waals surface area contributed by atoms with E-state index in [1.165, 1.54) is 12.1 Å². The van der Waals surface area contributed by atoms with Gasteiger partial charge in [0.25, 0.3) is 0 Å². The molecule has 1 amide bonds. The topological polar surface area (TPSA) is 56.7 Å². The molecule has 5 rings (SSSR count). The van der Waals surface area contributed by atoms with E-state index in [4.69, 9.17) is 0 Å². The van der Waals surface area contributed by atoms with Gasteiger partial charge in [-0.15, -0.1) is 0 Å². The normalized spacial score (nSPS) is 15.1. The first kappa shape index (κ1) is 26.7. The van der Waals surface area contributed by atoms with Crippen LogP contribution in [0.15, 0.2) is 97.2 Å². The molecule has 4 aromatic rings. The molecular weight excluding hydrogens is 496 g/mol. The van der Waals surface area contributed by atoms with E-state index in [0.717, 1.165) is 23.6 Å². The number of nitrogens with zero attached hydrogens (tertiary/aromatic N) is 3. The lowest BCUT2D eigenvalue weighted by molar-refractivity contribution is -0.117. The molecule has 200 valence electrons. The number of carbonyl (C=O) groups excluding carboxylic acids is 1. The monoisotopic (exact) mass is 527 g/mol. The lowest BCUT2D eigenvalue weighted by Gasteiger charge is -2.35. The molecule has 1 saturated heterocycles. The predicted molar refractivity (Wildman–Crippen MR) is 147 cm³/mol. The van der Waals surface area contributed by atoms with Crippen molar-refractivity contribution >= 4 is 11.6 Å². The highest BCUT2D eigenvalue weighted by atomic mass is 19.1. The Bertz CT molecular complexity index is 1340. The second-order valence-corrected chi connectivity index (χ2v) is 9.96. The summed E-state index contributed by atoms with van der Waals surface area (Å²) in [4.78, 5) is 20.7. The van der Waals surface area contributed by atoms with E-state index in [1.807, 2.05) is 60.7 Å². The first-order valence-corrected chi connectivity index (χ1v) is 13.2. The van der Waals surface area contributed by atoms with Gasteiger partial charge in [0.1, 0.15) is 17.7 Å². The molecule has 0 aliphatic carbocycles. The van der Waals surface area contributed by atoms with Crippen LogP contribution in [0.3, 0.4) is 0 Å². The fourth-order valence-electron chi connectivity index (χ4n) is 5.22. The number of aromatic nitrogens is 1. The molecule has 1 aromatic heterocycles. The Morgan fingerprint density at radius 1 is 0.846 bits per heavy atom. The van der Waals surface area contributed by atoms with Crippen molar-refractivity contribution in [2.45, 2.75) is 44.5 Å². The lowest BCUT2D eigenvalue weighted by Crippen LogP contribution is -2.41. The molecule has 0 spiro atoms. The molecule has 1 aliphatic heterocycles. The van der Waals surface area contributed by atoms with Crippen LogP contribution in [0.4, 0.5) is 14.5 Å².